The molecule has 1 aromatic carbocycles. The molecule has 1 atom stereocenters. The Kier molecular flexibility index (Phi) is 6.75. The van der Waals surface area contributed by atoms with Gasteiger partial charge in [-0.2, -0.15) is 0 Å². The minimum atomic E-state index is -0.660. The Balaban J connectivity index is 2.14. The molecule has 5 heteroatoms. The number of carbonyl (C=O) groups is 1. The molecule has 1 aliphatic rings. The van der Waals surface area contributed by atoms with Crippen LogP contribution in [0.5, 0.6) is 0 Å². The molecule has 1 N–H and O–H groups in total. The molecule has 1 heterocycles. The van der Waals surface area contributed by atoms with Gasteiger partial charge < -0.3 is 14.9 Å². The number of carbonyl (C=O) groups excluding carboxylic acids is 1. The second-order valence-corrected chi connectivity index (χ2v) is 7.16. The number of hydrogen-bond donors (Lipinski definition) is 1. The quantitative estimate of drug-likeness (QED) is 0.868. The third kappa shape index (κ3) is 5.02. The summed E-state index contributed by atoms with van der Waals surface area (Å²) in [4.78, 5) is 16.8. The van der Waals surface area contributed by atoms with E-state index in [0.29, 0.717) is 5.56 Å². The van der Waals surface area contributed by atoms with Crippen molar-refractivity contribution >= 4 is 5.91 Å². The van der Waals surface area contributed by atoms with Crippen LogP contribution < -0.4 is 0 Å². The lowest BCUT2D eigenvalue weighted by atomic mass is 9.99. The van der Waals surface area contributed by atoms with E-state index in [1.54, 1.807) is 23.1 Å². The highest BCUT2D eigenvalue weighted by Gasteiger charge is 2.29. The normalized spacial score (nSPS) is 17.9. The van der Waals surface area contributed by atoms with Gasteiger partial charge in [-0.3, -0.25) is 4.79 Å². The fourth-order valence-corrected chi connectivity index (χ4v) is 3.07. The van der Waals surface area contributed by atoms with Gasteiger partial charge in [0.15, 0.2) is 0 Å². The summed E-state index contributed by atoms with van der Waals surface area (Å²) in [6, 6.07) is 6.70. The maximum atomic E-state index is 14.0. The van der Waals surface area contributed by atoms with Crippen LogP contribution in [0.3, 0.4) is 0 Å². The molecule has 1 unspecified atom stereocenters. The van der Waals surface area contributed by atoms with Crippen molar-refractivity contribution in [2.45, 2.75) is 51.8 Å². The lowest BCUT2D eigenvalue weighted by Gasteiger charge is -2.38. The zero-order valence-electron chi connectivity index (χ0n) is 14.9. The van der Waals surface area contributed by atoms with Crippen molar-refractivity contribution in [1.29, 1.82) is 0 Å². The fraction of sp³-hybridized carbons (Fsp3) is 0.632. The lowest BCUT2D eigenvalue weighted by Crippen LogP contribution is -2.47. The van der Waals surface area contributed by atoms with E-state index in [1.165, 1.54) is 6.07 Å². The molecule has 2 rings (SSSR count). The Bertz CT molecular complexity index is 542. The second-order valence-electron chi connectivity index (χ2n) is 7.16. The first-order chi connectivity index (χ1) is 11.4. The Hall–Kier alpha value is -1.46. The molecule has 1 fully saturated rings. The van der Waals surface area contributed by atoms with Crippen molar-refractivity contribution in [2.24, 2.45) is 5.92 Å². The summed E-state index contributed by atoms with van der Waals surface area (Å²) in [6.07, 6.45) is 1.20. The van der Waals surface area contributed by atoms with E-state index < -0.39 is 6.10 Å². The first-order valence-electron chi connectivity index (χ1n) is 8.78. The third-order valence-corrected chi connectivity index (χ3v) is 4.90. The van der Waals surface area contributed by atoms with Crippen molar-refractivity contribution < 1.29 is 14.3 Å². The van der Waals surface area contributed by atoms with E-state index in [2.05, 4.69) is 11.9 Å². The zero-order chi connectivity index (χ0) is 17.7. The van der Waals surface area contributed by atoms with Crippen LogP contribution in [-0.2, 0) is 11.3 Å². The molecule has 4 nitrogen and oxygen atoms in total. The van der Waals surface area contributed by atoms with E-state index in [-0.39, 0.29) is 36.6 Å². The highest BCUT2D eigenvalue weighted by molar-refractivity contribution is 5.77. The maximum Gasteiger partial charge on any atom is 0.225 e. The second kappa shape index (κ2) is 8.58. The van der Waals surface area contributed by atoms with Crippen LogP contribution in [0.1, 0.15) is 38.7 Å². The highest BCUT2D eigenvalue weighted by atomic mass is 19.1. The monoisotopic (exact) mass is 336 g/mol. The average molecular weight is 336 g/mol. The van der Waals surface area contributed by atoms with E-state index >= 15 is 0 Å². The SMILES string of the molecule is CC(C)C(O)CC(=O)N(Cc1ccccc1F)C1CCN(C)CC1. The molecule has 0 bridgehead atoms. The largest absolute Gasteiger partial charge is 0.392 e. The van der Waals surface area contributed by atoms with Gasteiger partial charge >= 0.3 is 0 Å². The molecule has 0 aliphatic carbocycles. The first-order valence-corrected chi connectivity index (χ1v) is 8.78. The lowest BCUT2D eigenvalue weighted by molar-refractivity contribution is -0.138. The number of piperidine rings is 1. The number of aliphatic hydroxyl groups excluding tert-OH is 1. The van der Waals surface area contributed by atoms with Crippen LogP contribution in [0, 0.1) is 11.7 Å². The van der Waals surface area contributed by atoms with Gasteiger partial charge in [-0.25, -0.2) is 4.39 Å². The summed E-state index contributed by atoms with van der Waals surface area (Å²) >= 11 is 0. The van der Waals surface area contributed by atoms with Gasteiger partial charge in [-0.1, -0.05) is 32.0 Å². The van der Waals surface area contributed by atoms with E-state index in [1.807, 2.05) is 13.8 Å². The fourth-order valence-electron chi connectivity index (χ4n) is 3.07. The molecule has 1 amide bonds. The molecule has 0 radical (unpaired) electrons. The predicted octanol–water partition coefficient (Wildman–Crippen LogP) is 2.66. The molecule has 1 aliphatic heterocycles. The van der Waals surface area contributed by atoms with Gasteiger partial charge in [0.2, 0.25) is 5.91 Å². The van der Waals surface area contributed by atoms with Gasteiger partial charge in [0.25, 0.3) is 0 Å². The third-order valence-electron chi connectivity index (χ3n) is 4.90. The Morgan fingerprint density at radius 3 is 2.54 bits per heavy atom. The Morgan fingerprint density at radius 1 is 1.33 bits per heavy atom. The smallest absolute Gasteiger partial charge is 0.225 e. The Morgan fingerprint density at radius 2 is 1.96 bits per heavy atom. The van der Waals surface area contributed by atoms with Crippen LogP contribution >= 0.6 is 0 Å². The van der Waals surface area contributed by atoms with Gasteiger partial charge in [-0.05, 0) is 45.0 Å². The number of rotatable bonds is 6. The number of hydrogen-bond acceptors (Lipinski definition) is 3. The van der Waals surface area contributed by atoms with Crippen LogP contribution in [0.15, 0.2) is 24.3 Å². The van der Waals surface area contributed by atoms with Gasteiger partial charge in [-0.15, -0.1) is 0 Å². The number of likely N-dealkylation sites (tertiary alicyclic amines) is 1. The van der Waals surface area contributed by atoms with Gasteiger partial charge in [0.05, 0.1) is 12.5 Å². The van der Waals surface area contributed by atoms with Crippen LogP contribution in [0.25, 0.3) is 0 Å². The number of halogens is 1. The molecular weight excluding hydrogens is 307 g/mol. The van der Waals surface area contributed by atoms with Crippen molar-refractivity contribution in [3.63, 3.8) is 0 Å². The number of amides is 1. The average Bonchev–Trinajstić information content (AvgIpc) is 2.55. The molecule has 1 saturated heterocycles. The molecular formula is C19H29FN2O2. The summed E-state index contributed by atoms with van der Waals surface area (Å²) in [5.41, 5.74) is 0.531. The molecule has 0 spiro atoms. The van der Waals surface area contributed by atoms with Crippen molar-refractivity contribution in [3.05, 3.63) is 35.6 Å². The summed E-state index contributed by atoms with van der Waals surface area (Å²) in [6.45, 7) is 5.92. The van der Waals surface area contributed by atoms with Crippen molar-refractivity contribution in [2.75, 3.05) is 20.1 Å². The number of aliphatic hydroxyl groups is 1. The zero-order valence-corrected chi connectivity index (χ0v) is 14.9. The molecule has 0 saturated carbocycles. The van der Waals surface area contributed by atoms with Crippen molar-refractivity contribution in [1.82, 2.24) is 9.80 Å². The van der Waals surface area contributed by atoms with E-state index in [0.717, 1.165) is 25.9 Å². The molecule has 134 valence electrons. The minimum absolute atomic E-state index is 0.0294. The van der Waals surface area contributed by atoms with E-state index in [9.17, 15) is 14.3 Å². The molecule has 0 aromatic heterocycles. The van der Waals surface area contributed by atoms with Crippen molar-refractivity contribution in [3.8, 4) is 0 Å². The standard InChI is InChI=1S/C19H29FN2O2/c1-14(2)18(23)12-19(24)22(16-8-10-21(3)11-9-16)13-15-6-4-5-7-17(15)20/h4-7,14,16,18,23H,8-13H2,1-3H3. The first kappa shape index (κ1) is 18.9. The number of benzene rings is 1. The van der Waals surface area contributed by atoms with Crippen LogP contribution in [0.4, 0.5) is 4.39 Å². The van der Waals surface area contributed by atoms with Gasteiger partial charge in [0.1, 0.15) is 5.82 Å². The van der Waals surface area contributed by atoms with Crippen LogP contribution in [0.2, 0.25) is 0 Å². The maximum absolute atomic E-state index is 14.0. The van der Waals surface area contributed by atoms with E-state index in [4.69, 9.17) is 0 Å². The summed E-state index contributed by atoms with van der Waals surface area (Å²) in [5, 5.41) is 10.1. The predicted molar refractivity (Wildman–Crippen MR) is 92.9 cm³/mol. The Labute approximate surface area is 144 Å². The summed E-state index contributed by atoms with van der Waals surface area (Å²) < 4.78 is 14.0. The summed E-state index contributed by atoms with van der Waals surface area (Å²) in [5.74, 6) is -0.344. The molecule has 1 aromatic rings. The minimum Gasteiger partial charge on any atom is -0.392 e. The highest BCUT2D eigenvalue weighted by Crippen LogP contribution is 2.22. The summed E-state index contributed by atoms with van der Waals surface area (Å²) in [7, 11) is 2.07. The van der Waals surface area contributed by atoms with Gasteiger partial charge in [0, 0.05) is 18.2 Å². The topological polar surface area (TPSA) is 43.8 Å². The number of nitrogens with zero attached hydrogens (tertiary/aromatic N) is 2. The van der Waals surface area contributed by atoms with Crippen LogP contribution in [-0.4, -0.2) is 53.1 Å². The molecule has 24 heavy (non-hydrogen) atoms.